The summed E-state index contributed by atoms with van der Waals surface area (Å²) >= 11 is 0. The second kappa shape index (κ2) is 10.8. The molecule has 9 heteroatoms. The van der Waals surface area contributed by atoms with Gasteiger partial charge in [0.25, 0.3) is 5.91 Å². The number of carbonyl (C=O) groups excluding carboxylic acids is 1. The first-order valence-corrected chi connectivity index (χ1v) is 11.2. The fourth-order valence-corrected chi connectivity index (χ4v) is 4.04. The van der Waals surface area contributed by atoms with Crippen LogP contribution < -0.4 is 14.8 Å². The van der Waals surface area contributed by atoms with Crippen molar-refractivity contribution in [3.63, 3.8) is 0 Å². The van der Waals surface area contributed by atoms with Gasteiger partial charge in [-0.15, -0.1) is 0 Å². The maximum absolute atomic E-state index is 13.1. The standard InChI is InChI=1S/C26H27N5O4/c1-33-21-8-10-31(11-9-21)25(32)18-6-7-23(34-2)22(12-18)30-26-28-15-20(16-29-26)17-4-5-19(14-27)24(13-17)35-3/h4-7,12-13,15-16,21H,8-11H2,1-3H3,(H,28,29,30). The average molecular weight is 474 g/mol. The number of carbonyl (C=O) groups is 1. The highest BCUT2D eigenvalue weighted by Crippen LogP contribution is 2.30. The summed E-state index contributed by atoms with van der Waals surface area (Å²) in [5.41, 5.74) is 3.21. The van der Waals surface area contributed by atoms with Gasteiger partial charge in [0.05, 0.1) is 31.6 Å². The Kier molecular flexibility index (Phi) is 7.43. The number of methoxy groups -OCH3 is 3. The molecular formula is C26H27N5O4. The molecule has 3 aromatic rings. The number of anilines is 2. The molecule has 1 aliphatic heterocycles. The van der Waals surface area contributed by atoms with E-state index in [4.69, 9.17) is 14.2 Å². The quantitative estimate of drug-likeness (QED) is 0.548. The number of hydrogen-bond donors (Lipinski definition) is 1. The van der Waals surface area contributed by atoms with Crippen LogP contribution in [0.2, 0.25) is 0 Å². The second-order valence-corrected chi connectivity index (χ2v) is 8.09. The molecule has 0 aliphatic carbocycles. The molecule has 0 saturated carbocycles. The Labute approximate surface area is 204 Å². The summed E-state index contributed by atoms with van der Waals surface area (Å²) in [7, 11) is 4.80. The first kappa shape index (κ1) is 24.0. The molecule has 2 aromatic carbocycles. The van der Waals surface area contributed by atoms with Gasteiger partial charge in [-0.2, -0.15) is 5.26 Å². The highest BCUT2D eigenvalue weighted by molar-refractivity contribution is 5.96. The molecule has 0 atom stereocenters. The zero-order chi connectivity index (χ0) is 24.8. The average Bonchev–Trinajstić information content (AvgIpc) is 2.92. The maximum Gasteiger partial charge on any atom is 0.253 e. The lowest BCUT2D eigenvalue weighted by atomic mass is 10.1. The second-order valence-electron chi connectivity index (χ2n) is 8.09. The SMILES string of the molecule is COc1cc(-c2cnc(Nc3cc(C(=O)N4CCC(OC)CC4)ccc3OC)nc2)ccc1C#N. The van der Waals surface area contributed by atoms with Gasteiger partial charge in [-0.1, -0.05) is 6.07 Å². The molecule has 2 heterocycles. The van der Waals surface area contributed by atoms with E-state index in [2.05, 4.69) is 21.4 Å². The van der Waals surface area contributed by atoms with Crippen molar-refractivity contribution >= 4 is 17.5 Å². The number of aromatic nitrogens is 2. The van der Waals surface area contributed by atoms with Crippen LogP contribution in [0.15, 0.2) is 48.8 Å². The lowest BCUT2D eigenvalue weighted by Gasteiger charge is -2.31. The molecule has 1 fully saturated rings. The minimum absolute atomic E-state index is 0.0312. The zero-order valence-corrected chi connectivity index (χ0v) is 19.9. The number of nitriles is 1. The van der Waals surface area contributed by atoms with Crippen LogP contribution >= 0.6 is 0 Å². The molecule has 180 valence electrons. The molecule has 1 aliphatic rings. The summed E-state index contributed by atoms with van der Waals surface area (Å²) in [5, 5.41) is 12.3. The maximum atomic E-state index is 13.1. The molecule has 0 bridgehead atoms. The number of amides is 1. The summed E-state index contributed by atoms with van der Waals surface area (Å²) in [6.07, 6.45) is 5.22. The predicted octanol–water partition coefficient (Wildman–Crippen LogP) is 4.03. The van der Waals surface area contributed by atoms with Crippen LogP contribution in [0.1, 0.15) is 28.8 Å². The molecule has 1 saturated heterocycles. The minimum atomic E-state index is -0.0312. The molecule has 1 aromatic heterocycles. The molecule has 1 amide bonds. The van der Waals surface area contributed by atoms with Crippen molar-refractivity contribution in [1.82, 2.24) is 14.9 Å². The monoisotopic (exact) mass is 473 g/mol. The first-order valence-electron chi connectivity index (χ1n) is 11.2. The largest absolute Gasteiger partial charge is 0.495 e. The van der Waals surface area contributed by atoms with Crippen molar-refractivity contribution in [2.45, 2.75) is 18.9 Å². The van der Waals surface area contributed by atoms with Gasteiger partial charge in [-0.3, -0.25) is 4.79 Å². The predicted molar refractivity (Wildman–Crippen MR) is 131 cm³/mol. The topological polar surface area (TPSA) is 110 Å². The van der Waals surface area contributed by atoms with Crippen molar-refractivity contribution in [3.8, 4) is 28.7 Å². The Balaban J connectivity index is 1.52. The van der Waals surface area contributed by atoms with Gasteiger partial charge in [0, 0.05) is 43.7 Å². The van der Waals surface area contributed by atoms with Gasteiger partial charge >= 0.3 is 0 Å². The Morgan fingerprint density at radius 2 is 1.71 bits per heavy atom. The molecule has 0 radical (unpaired) electrons. The van der Waals surface area contributed by atoms with Crippen LogP contribution in [0.25, 0.3) is 11.1 Å². The number of piperidine rings is 1. The van der Waals surface area contributed by atoms with Gasteiger partial charge in [-0.05, 0) is 48.7 Å². The van der Waals surface area contributed by atoms with Gasteiger partial charge in [-0.25, -0.2) is 9.97 Å². The fraction of sp³-hybridized carbons (Fsp3) is 0.308. The van der Waals surface area contributed by atoms with E-state index in [1.54, 1.807) is 56.9 Å². The Bertz CT molecular complexity index is 1230. The lowest BCUT2D eigenvalue weighted by molar-refractivity contribution is 0.0351. The number of hydrogen-bond acceptors (Lipinski definition) is 8. The zero-order valence-electron chi connectivity index (χ0n) is 19.9. The summed E-state index contributed by atoms with van der Waals surface area (Å²) < 4.78 is 16.2. The number of nitrogens with zero attached hydrogens (tertiary/aromatic N) is 4. The van der Waals surface area contributed by atoms with E-state index in [9.17, 15) is 10.1 Å². The van der Waals surface area contributed by atoms with Crippen molar-refractivity contribution in [2.75, 3.05) is 39.7 Å². The highest BCUT2D eigenvalue weighted by atomic mass is 16.5. The number of rotatable bonds is 7. The van der Waals surface area contributed by atoms with Crippen LogP contribution in [0.4, 0.5) is 11.6 Å². The summed E-state index contributed by atoms with van der Waals surface area (Å²) in [4.78, 5) is 23.7. The Morgan fingerprint density at radius 1 is 1.00 bits per heavy atom. The Morgan fingerprint density at radius 3 is 2.34 bits per heavy atom. The van der Waals surface area contributed by atoms with E-state index in [-0.39, 0.29) is 12.0 Å². The van der Waals surface area contributed by atoms with E-state index in [0.29, 0.717) is 47.4 Å². The van der Waals surface area contributed by atoms with Crippen LogP contribution in [-0.4, -0.2) is 61.3 Å². The van der Waals surface area contributed by atoms with E-state index < -0.39 is 0 Å². The number of likely N-dealkylation sites (tertiary alicyclic amines) is 1. The van der Waals surface area contributed by atoms with E-state index >= 15 is 0 Å². The third-order valence-electron chi connectivity index (χ3n) is 6.06. The third-order valence-corrected chi connectivity index (χ3v) is 6.06. The lowest BCUT2D eigenvalue weighted by Crippen LogP contribution is -2.40. The smallest absolute Gasteiger partial charge is 0.253 e. The van der Waals surface area contributed by atoms with Crippen LogP contribution in [0.3, 0.4) is 0 Å². The highest BCUT2D eigenvalue weighted by Gasteiger charge is 2.24. The number of benzene rings is 2. The van der Waals surface area contributed by atoms with Crippen molar-refractivity contribution in [1.29, 1.82) is 5.26 Å². The summed E-state index contributed by atoms with van der Waals surface area (Å²) in [6.45, 7) is 1.33. The van der Waals surface area contributed by atoms with E-state index in [0.717, 1.165) is 24.0 Å². The number of nitrogens with one attached hydrogen (secondary N) is 1. The van der Waals surface area contributed by atoms with E-state index in [1.165, 1.54) is 7.11 Å². The summed E-state index contributed by atoms with van der Waals surface area (Å²) in [6, 6.07) is 12.7. The normalized spacial score (nSPS) is 13.7. The molecule has 1 N–H and O–H groups in total. The van der Waals surface area contributed by atoms with Gasteiger partial charge in [0.2, 0.25) is 5.95 Å². The molecule has 35 heavy (non-hydrogen) atoms. The Hall–Kier alpha value is -4.16. The van der Waals surface area contributed by atoms with Gasteiger partial charge in [0.15, 0.2) is 0 Å². The molecule has 9 nitrogen and oxygen atoms in total. The molecule has 0 spiro atoms. The summed E-state index contributed by atoms with van der Waals surface area (Å²) in [5.74, 6) is 1.39. The van der Waals surface area contributed by atoms with Crippen LogP contribution in [-0.2, 0) is 4.74 Å². The van der Waals surface area contributed by atoms with E-state index in [1.807, 2.05) is 11.0 Å². The molecule has 0 unspecified atom stereocenters. The van der Waals surface area contributed by atoms with Crippen molar-refractivity contribution in [2.24, 2.45) is 0 Å². The minimum Gasteiger partial charge on any atom is -0.495 e. The van der Waals surface area contributed by atoms with Gasteiger partial charge < -0.3 is 24.4 Å². The molecule has 4 rings (SSSR count). The first-order chi connectivity index (χ1) is 17.1. The van der Waals surface area contributed by atoms with Crippen LogP contribution in [0, 0.1) is 11.3 Å². The van der Waals surface area contributed by atoms with Gasteiger partial charge in [0.1, 0.15) is 17.6 Å². The fourth-order valence-electron chi connectivity index (χ4n) is 4.04. The van der Waals surface area contributed by atoms with Crippen LogP contribution in [0.5, 0.6) is 11.5 Å². The number of ether oxygens (including phenoxy) is 3. The van der Waals surface area contributed by atoms with Crippen molar-refractivity contribution < 1.29 is 19.0 Å². The third kappa shape index (κ3) is 5.34. The molecular weight excluding hydrogens is 446 g/mol. The van der Waals surface area contributed by atoms with Crippen molar-refractivity contribution in [3.05, 3.63) is 59.9 Å².